The highest BCUT2D eigenvalue weighted by Gasteiger charge is 2.18. The van der Waals surface area contributed by atoms with Gasteiger partial charge in [0.1, 0.15) is 0 Å². The van der Waals surface area contributed by atoms with Crippen molar-refractivity contribution in [3.8, 4) is 11.5 Å². The summed E-state index contributed by atoms with van der Waals surface area (Å²) in [6.07, 6.45) is 2.31. The van der Waals surface area contributed by atoms with Crippen molar-refractivity contribution in [3.05, 3.63) is 47.8 Å². The van der Waals surface area contributed by atoms with Crippen LogP contribution in [0.3, 0.4) is 0 Å². The number of amides is 1. The average molecular weight is 345 g/mol. The van der Waals surface area contributed by atoms with Gasteiger partial charge in [-0.3, -0.25) is 9.69 Å². The number of hydrogen-bond donors (Lipinski definition) is 1. The summed E-state index contributed by atoms with van der Waals surface area (Å²) in [5, 5.41) is 3.03. The Bertz CT molecular complexity index is 710. The van der Waals surface area contributed by atoms with E-state index in [1.807, 2.05) is 51.6 Å². The highest BCUT2D eigenvalue weighted by Crippen LogP contribution is 2.27. The second-order valence-electron chi connectivity index (χ2n) is 6.19. The summed E-state index contributed by atoms with van der Waals surface area (Å²) in [5.41, 5.74) is 2.05. The van der Waals surface area contributed by atoms with Crippen molar-refractivity contribution < 1.29 is 14.3 Å². The fourth-order valence-electron chi connectivity index (χ4n) is 2.82. The minimum absolute atomic E-state index is 0.0201. The summed E-state index contributed by atoms with van der Waals surface area (Å²) in [7, 11) is 9.21. The van der Waals surface area contributed by atoms with Gasteiger partial charge >= 0.3 is 0 Å². The van der Waals surface area contributed by atoms with E-state index >= 15 is 0 Å². The molecule has 0 bridgehead atoms. The summed E-state index contributed by atoms with van der Waals surface area (Å²) >= 11 is 0. The van der Waals surface area contributed by atoms with Gasteiger partial charge in [0.2, 0.25) is 5.91 Å². The number of likely N-dealkylation sites (N-methyl/N-ethyl adjacent to an activating group) is 1. The van der Waals surface area contributed by atoms with Gasteiger partial charge in [-0.2, -0.15) is 0 Å². The molecule has 2 rings (SSSR count). The van der Waals surface area contributed by atoms with Crippen molar-refractivity contribution in [2.75, 3.05) is 34.9 Å². The van der Waals surface area contributed by atoms with Gasteiger partial charge in [-0.15, -0.1) is 0 Å². The van der Waals surface area contributed by atoms with Crippen LogP contribution >= 0.6 is 0 Å². The quantitative estimate of drug-likeness (QED) is 0.795. The number of carbonyl (C=O) groups excluding carboxylic acids is 1. The SMILES string of the molecule is COc1ccc(CC(=O)NCC(c2cccn2C)N(C)C)cc1OC. The average Bonchev–Trinajstić information content (AvgIpc) is 3.00. The molecular weight excluding hydrogens is 318 g/mol. The highest BCUT2D eigenvalue weighted by molar-refractivity contribution is 5.78. The largest absolute Gasteiger partial charge is 0.493 e. The van der Waals surface area contributed by atoms with Crippen molar-refractivity contribution in [1.29, 1.82) is 0 Å². The minimum Gasteiger partial charge on any atom is -0.493 e. The number of aromatic nitrogens is 1. The van der Waals surface area contributed by atoms with Gasteiger partial charge in [-0.1, -0.05) is 6.07 Å². The molecule has 0 radical (unpaired) electrons. The van der Waals surface area contributed by atoms with Crippen LogP contribution in [0.1, 0.15) is 17.3 Å². The topological polar surface area (TPSA) is 55.7 Å². The van der Waals surface area contributed by atoms with Crippen LogP contribution in [-0.2, 0) is 18.3 Å². The van der Waals surface area contributed by atoms with E-state index in [9.17, 15) is 4.79 Å². The van der Waals surface area contributed by atoms with Gasteiger partial charge in [0.25, 0.3) is 0 Å². The molecule has 2 aromatic rings. The molecule has 6 nitrogen and oxygen atoms in total. The number of hydrogen-bond acceptors (Lipinski definition) is 4. The minimum atomic E-state index is -0.0201. The molecule has 1 aromatic carbocycles. The molecule has 1 amide bonds. The Morgan fingerprint density at radius 1 is 1.20 bits per heavy atom. The first kappa shape index (κ1) is 18.9. The molecule has 136 valence electrons. The van der Waals surface area contributed by atoms with Crippen LogP contribution in [0.25, 0.3) is 0 Å². The second kappa shape index (κ2) is 8.58. The lowest BCUT2D eigenvalue weighted by Gasteiger charge is -2.25. The van der Waals surface area contributed by atoms with Crippen LogP contribution in [0.15, 0.2) is 36.5 Å². The molecule has 0 spiro atoms. The summed E-state index contributed by atoms with van der Waals surface area (Å²) in [5.74, 6) is 1.26. The maximum Gasteiger partial charge on any atom is 0.224 e. The zero-order valence-electron chi connectivity index (χ0n) is 15.6. The van der Waals surface area contributed by atoms with E-state index in [1.54, 1.807) is 14.2 Å². The number of methoxy groups -OCH3 is 2. The van der Waals surface area contributed by atoms with E-state index in [0.29, 0.717) is 24.5 Å². The summed E-state index contributed by atoms with van der Waals surface area (Å²) in [6.45, 7) is 0.553. The van der Waals surface area contributed by atoms with Crippen molar-refractivity contribution in [2.45, 2.75) is 12.5 Å². The number of aryl methyl sites for hydroxylation is 1. The maximum atomic E-state index is 12.3. The lowest BCUT2D eigenvalue weighted by atomic mass is 10.1. The highest BCUT2D eigenvalue weighted by atomic mass is 16.5. The van der Waals surface area contributed by atoms with Crippen molar-refractivity contribution in [1.82, 2.24) is 14.8 Å². The molecule has 1 unspecified atom stereocenters. The van der Waals surface area contributed by atoms with Gasteiger partial charge < -0.3 is 19.4 Å². The molecule has 1 aromatic heterocycles. The van der Waals surface area contributed by atoms with Crippen molar-refractivity contribution >= 4 is 5.91 Å². The van der Waals surface area contributed by atoms with E-state index in [4.69, 9.17) is 9.47 Å². The third-order valence-corrected chi connectivity index (χ3v) is 4.25. The van der Waals surface area contributed by atoms with E-state index in [2.05, 4.69) is 20.9 Å². The number of ether oxygens (including phenoxy) is 2. The molecule has 1 heterocycles. The number of nitrogens with zero attached hydrogens (tertiary/aromatic N) is 2. The van der Waals surface area contributed by atoms with Crippen molar-refractivity contribution in [3.63, 3.8) is 0 Å². The predicted octanol–water partition coefficient (Wildman–Crippen LogP) is 2.00. The van der Waals surface area contributed by atoms with E-state index < -0.39 is 0 Å². The lowest BCUT2D eigenvalue weighted by Crippen LogP contribution is -2.36. The smallest absolute Gasteiger partial charge is 0.224 e. The number of carbonyl (C=O) groups is 1. The summed E-state index contributed by atoms with van der Waals surface area (Å²) in [6, 6.07) is 9.73. The Hall–Kier alpha value is -2.47. The second-order valence-corrected chi connectivity index (χ2v) is 6.19. The Kier molecular flexibility index (Phi) is 6.47. The predicted molar refractivity (Wildman–Crippen MR) is 98.1 cm³/mol. The number of nitrogens with one attached hydrogen (secondary N) is 1. The number of benzene rings is 1. The molecule has 1 atom stereocenters. The Balaban J connectivity index is 1.99. The van der Waals surface area contributed by atoms with Gasteiger partial charge in [0, 0.05) is 25.5 Å². The van der Waals surface area contributed by atoms with Crippen molar-refractivity contribution in [2.24, 2.45) is 7.05 Å². The first-order chi connectivity index (χ1) is 12.0. The van der Waals surface area contributed by atoms with Crippen LogP contribution < -0.4 is 14.8 Å². The first-order valence-corrected chi connectivity index (χ1v) is 8.21. The van der Waals surface area contributed by atoms with Gasteiger partial charge in [-0.05, 0) is 43.9 Å². The molecule has 0 aliphatic heterocycles. The van der Waals surface area contributed by atoms with Crippen LogP contribution in [0.4, 0.5) is 0 Å². The van der Waals surface area contributed by atoms with Crippen LogP contribution in [0.5, 0.6) is 11.5 Å². The summed E-state index contributed by atoms with van der Waals surface area (Å²) in [4.78, 5) is 14.4. The lowest BCUT2D eigenvalue weighted by molar-refractivity contribution is -0.120. The molecule has 0 aliphatic carbocycles. The standard InChI is InChI=1S/C19H27N3O3/c1-21(2)16(15-7-6-10-22(15)3)13-20-19(23)12-14-8-9-17(24-4)18(11-14)25-5/h6-11,16H,12-13H2,1-5H3,(H,20,23). The van der Waals surface area contributed by atoms with E-state index in [-0.39, 0.29) is 11.9 Å². The van der Waals surface area contributed by atoms with E-state index in [1.165, 1.54) is 0 Å². The fraction of sp³-hybridized carbons (Fsp3) is 0.421. The monoisotopic (exact) mass is 345 g/mol. The molecule has 6 heteroatoms. The van der Waals surface area contributed by atoms with Crippen LogP contribution in [-0.4, -0.2) is 50.2 Å². The molecule has 0 fully saturated rings. The molecule has 1 N–H and O–H groups in total. The normalized spacial score (nSPS) is 12.1. The molecule has 0 saturated carbocycles. The van der Waals surface area contributed by atoms with Crippen LogP contribution in [0.2, 0.25) is 0 Å². The third-order valence-electron chi connectivity index (χ3n) is 4.25. The van der Waals surface area contributed by atoms with Gasteiger partial charge in [0.15, 0.2) is 11.5 Å². The van der Waals surface area contributed by atoms with Gasteiger partial charge in [0.05, 0.1) is 26.7 Å². The zero-order chi connectivity index (χ0) is 18.4. The molecule has 0 aliphatic rings. The molecular formula is C19H27N3O3. The number of rotatable bonds is 8. The van der Waals surface area contributed by atoms with E-state index in [0.717, 1.165) is 11.3 Å². The third kappa shape index (κ3) is 4.76. The first-order valence-electron chi connectivity index (χ1n) is 8.21. The fourth-order valence-corrected chi connectivity index (χ4v) is 2.82. The maximum absolute atomic E-state index is 12.3. The Morgan fingerprint density at radius 3 is 2.48 bits per heavy atom. The summed E-state index contributed by atoms with van der Waals surface area (Å²) < 4.78 is 12.6. The van der Waals surface area contributed by atoms with Gasteiger partial charge in [-0.25, -0.2) is 0 Å². The Morgan fingerprint density at radius 2 is 1.92 bits per heavy atom. The Labute approximate surface area is 149 Å². The van der Waals surface area contributed by atoms with Crippen LogP contribution in [0, 0.1) is 0 Å². The molecule has 25 heavy (non-hydrogen) atoms. The molecule has 0 saturated heterocycles. The zero-order valence-corrected chi connectivity index (χ0v) is 15.6.